The van der Waals surface area contributed by atoms with Gasteiger partial charge < -0.3 is 4.42 Å². The first kappa shape index (κ1) is 17.6. The van der Waals surface area contributed by atoms with Crippen molar-refractivity contribution in [1.82, 2.24) is 4.98 Å². The maximum absolute atomic E-state index is 6.41. The molecule has 0 fully saturated rings. The minimum absolute atomic E-state index is 0.941. The molecule has 3 aromatic carbocycles. The maximum atomic E-state index is 6.41. The van der Waals surface area contributed by atoms with Crippen molar-refractivity contribution < 1.29 is 8.98 Å². The molecule has 0 atom stereocenters. The number of thiophene rings is 1. The second-order valence-electron chi connectivity index (χ2n) is 8.04. The van der Waals surface area contributed by atoms with Crippen LogP contribution in [0.5, 0.6) is 0 Å². The highest BCUT2D eigenvalue weighted by Gasteiger charge is 2.23. The molecule has 3 heterocycles. The molecule has 3 nitrogen and oxygen atoms in total. The van der Waals surface area contributed by atoms with Crippen LogP contribution in [0.4, 0.5) is 0 Å². The van der Waals surface area contributed by atoms with Gasteiger partial charge in [-0.05, 0) is 54.7 Å². The zero-order valence-electron chi connectivity index (χ0n) is 17.4. The molecule has 0 spiro atoms. The average molecular weight is 410 g/mol. The van der Waals surface area contributed by atoms with E-state index in [4.69, 9.17) is 9.40 Å². The highest BCUT2D eigenvalue weighted by Crippen LogP contribution is 2.41. The SMILES string of the molecule is Cc1sc2c(-c3ccc4c(oc5ccc6ccccc6c54)c3C)[n+](C)cnc2c1C. The Bertz CT molecular complexity index is 1640. The normalized spacial score (nSPS) is 12.0. The predicted molar refractivity (Wildman–Crippen MR) is 125 cm³/mol. The number of benzene rings is 3. The lowest BCUT2D eigenvalue weighted by molar-refractivity contribution is -0.662. The summed E-state index contributed by atoms with van der Waals surface area (Å²) in [4.78, 5) is 6.02. The number of nitrogens with zero attached hydrogens (tertiary/aromatic N) is 2. The first-order chi connectivity index (χ1) is 14.5. The quantitative estimate of drug-likeness (QED) is 0.281. The number of furan rings is 1. The van der Waals surface area contributed by atoms with Gasteiger partial charge in [0.05, 0.1) is 7.05 Å². The fourth-order valence-corrected chi connectivity index (χ4v) is 5.82. The molecule has 6 rings (SSSR count). The lowest BCUT2D eigenvalue weighted by atomic mass is 9.99. The van der Waals surface area contributed by atoms with Gasteiger partial charge in [0.25, 0.3) is 6.33 Å². The van der Waals surface area contributed by atoms with Gasteiger partial charge in [-0.3, -0.25) is 0 Å². The monoisotopic (exact) mass is 409 g/mol. The minimum atomic E-state index is 0.941. The highest BCUT2D eigenvalue weighted by molar-refractivity contribution is 7.19. The predicted octanol–water partition coefficient (Wildman–Crippen LogP) is 6.77. The zero-order chi connectivity index (χ0) is 20.6. The molecule has 0 unspecified atom stereocenters. The van der Waals surface area contributed by atoms with Crippen LogP contribution >= 0.6 is 11.3 Å². The second-order valence-corrected chi connectivity index (χ2v) is 9.27. The summed E-state index contributed by atoms with van der Waals surface area (Å²) in [5.74, 6) is 0. The molecule has 30 heavy (non-hydrogen) atoms. The number of hydrogen-bond donors (Lipinski definition) is 0. The van der Waals surface area contributed by atoms with Gasteiger partial charge in [-0.15, -0.1) is 11.3 Å². The van der Waals surface area contributed by atoms with E-state index in [2.05, 4.69) is 80.9 Å². The number of hydrogen-bond acceptors (Lipinski definition) is 3. The molecule has 0 aliphatic heterocycles. The van der Waals surface area contributed by atoms with Crippen LogP contribution in [0, 0.1) is 20.8 Å². The zero-order valence-corrected chi connectivity index (χ0v) is 18.2. The third kappa shape index (κ3) is 2.25. The van der Waals surface area contributed by atoms with Crippen LogP contribution in [-0.4, -0.2) is 4.98 Å². The van der Waals surface area contributed by atoms with Crippen molar-refractivity contribution in [2.75, 3.05) is 0 Å². The lowest BCUT2D eigenvalue weighted by Crippen LogP contribution is -2.31. The summed E-state index contributed by atoms with van der Waals surface area (Å²) in [5.41, 5.74) is 7.84. The number of rotatable bonds is 1. The third-order valence-corrected chi connectivity index (χ3v) is 7.52. The molecular weight excluding hydrogens is 388 g/mol. The Kier molecular flexibility index (Phi) is 3.60. The van der Waals surface area contributed by atoms with E-state index in [1.165, 1.54) is 53.5 Å². The fraction of sp³-hybridized carbons (Fsp3) is 0.154. The van der Waals surface area contributed by atoms with Crippen LogP contribution in [0.1, 0.15) is 16.0 Å². The van der Waals surface area contributed by atoms with E-state index in [0.717, 1.165) is 16.7 Å². The smallest absolute Gasteiger partial charge is 0.287 e. The van der Waals surface area contributed by atoms with E-state index in [1.807, 2.05) is 17.7 Å². The van der Waals surface area contributed by atoms with Crippen LogP contribution in [0.3, 0.4) is 0 Å². The Labute approximate surface area is 178 Å². The molecule has 0 N–H and O–H groups in total. The van der Waals surface area contributed by atoms with Crippen LogP contribution in [0.25, 0.3) is 54.2 Å². The minimum Gasteiger partial charge on any atom is -0.456 e. The molecular formula is C26H21N2OS+. The summed E-state index contributed by atoms with van der Waals surface area (Å²) >= 11 is 1.82. The van der Waals surface area contributed by atoms with E-state index in [1.54, 1.807) is 0 Å². The van der Waals surface area contributed by atoms with Crippen LogP contribution in [-0.2, 0) is 7.05 Å². The van der Waals surface area contributed by atoms with E-state index >= 15 is 0 Å². The fourth-order valence-electron chi connectivity index (χ4n) is 4.61. The van der Waals surface area contributed by atoms with Crippen molar-refractivity contribution >= 4 is 54.3 Å². The standard InChI is InChI=1S/C26H21N2OS/c1-14-16(3)30-26-23(14)27-13-28(4)24(26)18-10-11-20-22-19-8-6-5-7-17(19)9-12-21(22)29-25(20)15(18)2/h5-13H,1-4H3/q+1. The van der Waals surface area contributed by atoms with E-state index < -0.39 is 0 Å². The molecule has 6 aromatic rings. The van der Waals surface area contributed by atoms with Crippen molar-refractivity contribution in [1.29, 1.82) is 0 Å². The summed E-state index contributed by atoms with van der Waals surface area (Å²) in [6.45, 7) is 6.50. The topological polar surface area (TPSA) is 29.9 Å². The molecule has 0 bridgehead atoms. The molecule has 146 valence electrons. The van der Waals surface area contributed by atoms with Gasteiger partial charge in [0.2, 0.25) is 5.52 Å². The lowest BCUT2D eigenvalue weighted by Gasteiger charge is -2.07. The van der Waals surface area contributed by atoms with Crippen molar-refractivity contribution in [3.05, 3.63) is 70.9 Å². The Morgan fingerprint density at radius 1 is 0.900 bits per heavy atom. The molecule has 0 aliphatic carbocycles. The van der Waals surface area contributed by atoms with Gasteiger partial charge >= 0.3 is 0 Å². The van der Waals surface area contributed by atoms with Gasteiger partial charge in [-0.25, -0.2) is 4.57 Å². The molecule has 4 heteroatoms. The van der Waals surface area contributed by atoms with Crippen molar-refractivity contribution in [3.8, 4) is 11.3 Å². The summed E-state index contributed by atoms with van der Waals surface area (Å²) in [7, 11) is 2.07. The first-order valence-corrected chi connectivity index (χ1v) is 10.9. The van der Waals surface area contributed by atoms with E-state index in [0.29, 0.717) is 0 Å². The maximum Gasteiger partial charge on any atom is 0.287 e. The van der Waals surface area contributed by atoms with Crippen LogP contribution < -0.4 is 4.57 Å². The van der Waals surface area contributed by atoms with Crippen LogP contribution in [0.2, 0.25) is 0 Å². The van der Waals surface area contributed by atoms with Gasteiger partial charge in [0.15, 0.2) is 5.69 Å². The molecule has 0 radical (unpaired) electrons. The molecule has 0 aliphatic rings. The number of aromatic nitrogens is 2. The van der Waals surface area contributed by atoms with Crippen molar-refractivity contribution in [2.45, 2.75) is 20.8 Å². The van der Waals surface area contributed by atoms with Crippen molar-refractivity contribution in [2.24, 2.45) is 7.05 Å². The van der Waals surface area contributed by atoms with Gasteiger partial charge in [0, 0.05) is 32.3 Å². The largest absolute Gasteiger partial charge is 0.456 e. The third-order valence-electron chi connectivity index (χ3n) is 6.31. The molecule has 0 amide bonds. The highest BCUT2D eigenvalue weighted by atomic mass is 32.1. The first-order valence-electron chi connectivity index (χ1n) is 10.1. The van der Waals surface area contributed by atoms with Gasteiger partial charge in [-0.2, -0.15) is 0 Å². The Hall–Kier alpha value is -3.24. The molecule has 0 saturated heterocycles. The summed E-state index contributed by atoms with van der Waals surface area (Å²) in [6.07, 6.45) is 1.92. The van der Waals surface area contributed by atoms with Gasteiger partial charge in [-0.1, -0.05) is 30.3 Å². The van der Waals surface area contributed by atoms with E-state index in [9.17, 15) is 0 Å². The van der Waals surface area contributed by atoms with Gasteiger partial charge in [0.1, 0.15) is 15.9 Å². The summed E-state index contributed by atoms with van der Waals surface area (Å²) in [6, 6.07) is 17.2. The Morgan fingerprint density at radius 2 is 1.73 bits per heavy atom. The summed E-state index contributed by atoms with van der Waals surface area (Å²) in [5, 5.41) is 4.85. The van der Waals surface area contributed by atoms with Crippen molar-refractivity contribution in [3.63, 3.8) is 0 Å². The number of fused-ring (bicyclic) bond motifs is 6. The Balaban J connectivity index is 1.72. The Morgan fingerprint density at radius 3 is 2.60 bits per heavy atom. The number of aryl methyl sites for hydroxylation is 4. The molecule has 0 saturated carbocycles. The molecule has 3 aromatic heterocycles. The summed E-state index contributed by atoms with van der Waals surface area (Å²) < 4.78 is 9.78. The average Bonchev–Trinajstić information content (AvgIpc) is 3.27. The van der Waals surface area contributed by atoms with E-state index in [-0.39, 0.29) is 0 Å². The van der Waals surface area contributed by atoms with Crippen LogP contribution in [0.15, 0.2) is 59.3 Å². The second kappa shape index (κ2) is 6.13.